The molecule has 0 saturated carbocycles. The summed E-state index contributed by atoms with van der Waals surface area (Å²) in [4.78, 5) is 26.8. The summed E-state index contributed by atoms with van der Waals surface area (Å²) in [5, 5.41) is 10.2. The van der Waals surface area contributed by atoms with Crippen LogP contribution in [0.25, 0.3) is 0 Å². The van der Waals surface area contributed by atoms with Crippen molar-refractivity contribution in [3.8, 4) is 0 Å². The van der Waals surface area contributed by atoms with Gasteiger partial charge < -0.3 is 15.5 Å². The average Bonchev–Trinajstić information content (AvgIpc) is 3.06. The van der Waals surface area contributed by atoms with E-state index in [0.29, 0.717) is 37.3 Å². The molecule has 0 bridgehead atoms. The number of anilines is 1. The zero-order valence-electron chi connectivity index (χ0n) is 14.8. The van der Waals surface area contributed by atoms with E-state index in [0.717, 1.165) is 0 Å². The molecule has 0 radical (unpaired) electrons. The number of halogens is 1. The normalized spacial score (nSPS) is 16.2. The molecule has 1 aromatic carbocycles. The maximum absolute atomic E-state index is 13.0. The molecule has 1 aliphatic heterocycles. The van der Waals surface area contributed by atoms with Crippen LogP contribution in [0.15, 0.2) is 36.5 Å². The fourth-order valence-electron chi connectivity index (χ4n) is 3.24. The largest absolute Gasteiger partial charge is 0.357 e. The maximum atomic E-state index is 13.0. The van der Waals surface area contributed by atoms with Crippen LogP contribution >= 0.6 is 0 Å². The van der Waals surface area contributed by atoms with Crippen molar-refractivity contribution in [1.29, 1.82) is 0 Å². The molecule has 26 heavy (non-hydrogen) atoms. The molecule has 2 N–H and O–H groups in total. The number of nitrogens with zero attached hydrogens (tertiary/aromatic N) is 3. The van der Waals surface area contributed by atoms with Crippen molar-refractivity contribution < 1.29 is 14.0 Å². The molecule has 0 spiro atoms. The van der Waals surface area contributed by atoms with Crippen molar-refractivity contribution in [3.05, 3.63) is 47.9 Å². The molecule has 138 valence electrons. The highest BCUT2D eigenvalue weighted by Crippen LogP contribution is 2.27. The summed E-state index contributed by atoms with van der Waals surface area (Å²) in [6.07, 6.45) is 2.71. The lowest BCUT2D eigenvalue weighted by Crippen LogP contribution is -2.58. The third kappa shape index (κ3) is 3.54. The summed E-state index contributed by atoms with van der Waals surface area (Å²) < 4.78 is 14.7. The topological polar surface area (TPSA) is 79.3 Å². The number of benzene rings is 1. The van der Waals surface area contributed by atoms with Crippen molar-refractivity contribution in [1.82, 2.24) is 20.0 Å². The van der Waals surface area contributed by atoms with Crippen molar-refractivity contribution in [2.75, 3.05) is 25.5 Å². The molecule has 2 amide bonds. The fraction of sp³-hybridized carbons (Fsp3) is 0.389. The number of nitrogens with one attached hydrogen (secondary N) is 2. The molecule has 3 rings (SSSR count). The Labute approximate surface area is 151 Å². The van der Waals surface area contributed by atoms with Gasteiger partial charge in [0.05, 0.1) is 0 Å². The monoisotopic (exact) mass is 359 g/mol. The van der Waals surface area contributed by atoms with Crippen molar-refractivity contribution in [2.45, 2.75) is 18.4 Å². The SMILES string of the molecule is CNC(=O)C1(Nc2ccn(C)n2)CCN(C(=O)c2ccc(F)cc2)CC1. The van der Waals surface area contributed by atoms with Gasteiger partial charge in [-0.3, -0.25) is 14.3 Å². The summed E-state index contributed by atoms with van der Waals surface area (Å²) in [5.74, 6) is -0.0434. The fourth-order valence-corrected chi connectivity index (χ4v) is 3.24. The average molecular weight is 359 g/mol. The van der Waals surface area contributed by atoms with Crippen molar-refractivity contribution in [2.24, 2.45) is 7.05 Å². The Morgan fingerprint density at radius 1 is 1.15 bits per heavy atom. The van der Waals surface area contributed by atoms with Gasteiger partial charge in [-0.25, -0.2) is 4.39 Å². The van der Waals surface area contributed by atoms with Crippen molar-refractivity contribution >= 4 is 17.6 Å². The van der Waals surface area contributed by atoms with Crippen LogP contribution in [0.2, 0.25) is 0 Å². The lowest BCUT2D eigenvalue weighted by Gasteiger charge is -2.41. The summed E-state index contributed by atoms with van der Waals surface area (Å²) in [7, 11) is 3.40. The number of amides is 2. The molecule has 2 aromatic rings. The number of piperidine rings is 1. The summed E-state index contributed by atoms with van der Waals surface area (Å²) >= 11 is 0. The molecule has 2 heterocycles. The van der Waals surface area contributed by atoms with E-state index in [-0.39, 0.29) is 17.6 Å². The van der Waals surface area contributed by atoms with Gasteiger partial charge in [-0.15, -0.1) is 0 Å². The Bertz CT molecular complexity index is 794. The van der Waals surface area contributed by atoms with E-state index in [1.165, 1.54) is 24.3 Å². The van der Waals surface area contributed by atoms with E-state index in [9.17, 15) is 14.0 Å². The Hall–Kier alpha value is -2.90. The first-order chi connectivity index (χ1) is 12.4. The Morgan fingerprint density at radius 2 is 1.81 bits per heavy atom. The van der Waals surface area contributed by atoms with Gasteiger partial charge >= 0.3 is 0 Å². The highest BCUT2D eigenvalue weighted by atomic mass is 19.1. The predicted octanol–water partition coefficient (Wildman–Crippen LogP) is 1.39. The van der Waals surface area contributed by atoms with Gasteiger partial charge in [0.1, 0.15) is 17.2 Å². The van der Waals surface area contributed by atoms with Crippen LogP contribution in [0.3, 0.4) is 0 Å². The van der Waals surface area contributed by atoms with Gasteiger partial charge in [-0.05, 0) is 37.1 Å². The number of carbonyl (C=O) groups is 2. The number of carbonyl (C=O) groups excluding carboxylic acids is 2. The molecule has 8 heteroatoms. The first-order valence-electron chi connectivity index (χ1n) is 8.48. The minimum Gasteiger partial charge on any atom is -0.357 e. The maximum Gasteiger partial charge on any atom is 0.253 e. The van der Waals surface area contributed by atoms with Gasteiger partial charge in [0.25, 0.3) is 5.91 Å². The second-order valence-electron chi connectivity index (χ2n) is 6.46. The van der Waals surface area contributed by atoms with E-state index in [1.54, 1.807) is 28.9 Å². The van der Waals surface area contributed by atoms with E-state index in [2.05, 4.69) is 15.7 Å². The number of hydrogen-bond donors (Lipinski definition) is 2. The second kappa shape index (κ2) is 7.15. The molecule has 0 aliphatic carbocycles. The molecule has 0 unspecified atom stereocenters. The number of aryl methyl sites for hydroxylation is 1. The van der Waals surface area contributed by atoms with E-state index < -0.39 is 5.54 Å². The standard InChI is InChI=1S/C18H22FN5O2/c1-20-17(26)18(21-15-7-10-23(2)22-15)8-11-24(12-9-18)16(25)13-3-5-14(19)6-4-13/h3-7,10H,8-9,11-12H2,1-2H3,(H,20,26)(H,21,22). The number of aromatic nitrogens is 2. The Balaban J connectivity index is 1.72. The highest BCUT2D eigenvalue weighted by Gasteiger charge is 2.42. The van der Waals surface area contributed by atoms with Crippen LogP contribution in [0.5, 0.6) is 0 Å². The van der Waals surface area contributed by atoms with Gasteiger partial charge in [0.15, 0.2) is 0 Å². The first-order valence-corrected chi connectivity index (χ1v) is 8.48. The quantitative estimate of drug-likeness (QED) is 0.865. The minimum absolute atomic E-state index is 0.128. The molecule has 0 atom stereocenters. The third-order valence-electron chi connectivity index (χ3n) is 4.74. The smallest absolute Gasteiger partial charge is 0.253 e. The number of likely N-dealkylation sites (N-methyl/N-ethyl adjacent to an activating group) is 1. The van der Waals surface area contributed by atoms with E-state index in [1.807, 2.05) is 7.05 Å². The molecule has 1 aliphatic rings. The lowest BCUT2D eigenvalue weighted by molar-refractivity contribution is -0.126. The molecule has 1 saturated heterocycles. The lowest BCUT2D eigenvalue weighted by atomic mass is 9.86. The summed E-state index contributed by atoms with van der Waals surface area (Å²) in [6.45, 7) is 0.840. The molecular formula is C18H22FN5O2. The van der Waals surface area contributed by atoms with Crippen LogP contribution in [-0.4, -0.2) is 52.2 Å². The molecular weight excluding hydrogens is 337 g/mol. The minimum atomic E-state index is -0.817. The van der Waals surface area contributed by atoms with Gasteiger partial charge in [-0.1, -0.05) is 0 Å². The Kier molecular flexibility index (Phi) is 4.92. The number of likely N-dealkylation sites (tertiary alicyclic amines) is 1. The van der Waals surface area contributed by atoms with Gasteiger partial charge in [-0.2, -0.15) is 5.10 Å². The zero-order chi connectivity index (χ0) is 18.7. The first kappa shape index (κ1) is 17.9. The zero-order valence-corrected chi connectivity index (χ0v) is 14.8. The molecule has 1 fully saturated rings. The molecule has 1 aromatic heterocycles. The third-order valence-corrected chi connectivity index (χ3v) is 4.74. The van der Waals surface area contributed by atoms with Crippen LogP contribution in [0.1, 0.15) is 23.2 Å². The van der Waals surface area contributed by atoms with E-state index in [4.69, 9.17) is 0 Å². The number of hydrogen-bond acceptors (Lipinski definition) is 4. The second-order valence-corrected chi connectivity index (χ2v) is 6.46. The van der Waals surface area contributed by atoms with Crippen LogP contribution in [0.4, 0.5) is 10.2 Å². The van der Waals surface area contributed by atoms with Crippen LogP contribution < -0.4 is 10.6 Å². The van der Waals surface area contributed by atoms with Crippen molar-refractivity contribution in [3.63, 3.8) is 0 Å². The Morgan fingerprint density at radius 3 is 2.35 bits per heavy atom. The number of rotatable bonds is 4. The predicted molar refractivity (Wildman–Crippen MR) is 95.2 cm³/mol. The molecule has 7 nitrogen and oxygen atoms in total. The van der Waals surface area contributed by atoms with Gasteiger partial charge in [0.2, 0.25) is 5.91 Å². The van der Waals surface area contributed by atoms with E-state index >= 15 is 0 Å². The van der Waals surface area contributed by atoms with Gasteiger partial charge in [0, 0.05) is 45.0 Å². The summed E-state index contributed by atoms with van der Waals surface area (Å²) in [6, 6.07) is 7.30. The van der Waals surface area contributed by atoms with Crippen LogP contribution in [-0.2, 0) is 11.8 Å². The summed E-state index contributed by atoms with van der Waals surface area (Å²) in [5.41, 5.74) is -0.376. The highest BCUT2D eigenvalue weighted by molar-refractivity contribution is 5.95. The van der Waals surface area contributed by atoms with Crippen LogP contribution in [0, 0.1) is 5.82 Å².